The molecule has 0 saturated carbocycles. The van der Waals surface area contributed by atoms with Crippen LogP contribution in [0.15, 0.2) is 66.7 Å². The quantitative estimate of drug-likeness (QED) is 0.242. The minimum Gasteiger partial charge on any atom is -0.345 e. The van der Waals surface area contributed by atoms with Gasteiger partial charge in [0, 0.05) is 22.1 Å². The Labute approximate surface area is 209 Å². The van der Waals surface area contributed by atoms with Gasteiger partial charge in [0.2, 0.25) is 23.8 Å². The van der Waals surface area contributed by atoms with Crippen molar-refractivity contribution in [2.24, 2.45) is 0 Å². The number of carbonyl (C=O) groups is 1. The van der Waals surface area contributed by atoms with Gasteiger partial charge in [-0.05, 0) is 62.7 Å². The fourth-order valence-electron chi connectivity index (χ4n) is 3.13. The Morgan fingerprint density at radius 3 is 1.71 bits per heavy atom. The van der Waals surface area contributed by atoms with Gasteiger partial charge < -0.3 is 21.3 Å². The van der Waals surface area contributed by atoms with Gasteiger partial charge in [0.15, 0.2) is 0 Å². The van der Waals surface area contributed by atoms with Crippen molar-refractivity contribution in [1.29, 1.82) is 0 Å². The minimum absolute atomic E-state index is 0.0382. The molecule has 1 aromatic heterocycles. The highest BCUT2D eigenvalue weighted by molar-refractivity contribution is 6.31. The van der Waals surface area contributed by atoms with Crippen LogP contribution >= 0.6 is 11.6 Å². The van der Waals surface area contributed by atoms with Crippen LogP contribution in [0.5, 0.6) is 0 Å². The van der Waals surface area contributed by atoms with Crippen molar-refractivity contribution in [3.63, 3.8) is 0 Å². The Bertz CT molecular complexity index is 1260. The van der Waals surface area contributed by atoms with E-state index in [1.54, 1.807) is 12.1 Å². The van der Waals surface area contributed by atoms with Gasteiger partial charge >= 0.3 is 0 Å². The lowest BCUT2D eigenvalue weighted by atomic mass is 10.2. The number of amides is 1. The Morgan fingerprint density at radius 2 is 1.20 bits per heavy atom. The summed E-state index contributed by atoms with van der Waals surface area (Å²) in [6.45, 7) is 5.91. The molecule has 35 heavy (non-hydrogen) atoms. The number of hydrogen-bond acceptors (Lipinski definition) is 7. The number of aromatic nitrogens is 3. The first-order chi connectivity index (χ1) is 16.8. The number of anilines is 6. The molecule has 0 fully saturated rings. The zero-order valence-corrected chi connectivity index (χ0v) is 20.4. The summed E-state index contributed by atoms with van der Waals surface area (Å²) in [7, 11) is 0. The van der Waals surface area contributed by atoms with Crippen LogP contribution in [0.25, 0.3) is 0 Å². The zero-order valence-electron chi connectivity index (χ0n) is 19.7. The second-order valence-electron chi connectivity index (χ2n) is 8.15. The van der Waals surface area contributed by atoms with Gasteiger partial charge in [-0.25, -0.2) is 0 Å². The summed E-state index contributed by atoms with van der Waals surface area (Å²) >= 11 is 6.15. The van der Waals surface area contributed by atoms with Crippen molar-refractivity contribution in [1.82, 2.24) is 15.0 Å². The average molecular weight is 488 g/mol. The van der Waals surface area contributed by atoms with Gasteiger partial charge in [0.1, 0.15) is 0 Å². The first-order valence-electron chi connectivity index (χ1n) is 11.1. The molecule has 0 bridgehead atoms. The fraction of sp³-hybridized carbons (Fsp3) is 0.154. The van der Waals surface area contributed by atoms with Crippen LogP contribution in [0.3, 0.4) is 0 Å². The molecule has 1 amide bonds. The Morgan fingerprint density at radius 1 is 0.714 bits per heavy atom. The van der Waals surface area contributed by atoms with Gasteiger partial charge in [-0.3, -0.25) is 4.79 Å². The van der Waals surface area contributed by atoms with Crippen molar-refractivity contribution in [2.75, 3.05) is 27.8 Å². The van der Waals surface area contributed by atoms with E-state index in [2.05, 4.69) is 36.2 Å². The van der Waals surface area contributed by atoms with Crippen molar-refractivity contribution >= 4 is 52.4 Å². The molecule has 0 atom stereocenters. The Balaban J connectivity index is 1.50. The molecule has 0 radical (unpaired) electrons. The Kier molecular flexibility index (Phi) is 7.42. The summed E-state index contributed by atoms with van der Waals surface area (Å²) in [5.41, 5.74) is 5.53. The lowest BCUT2D eigenvalue weighted by Gasteiger charge is -2.12. The molecule has 0 saturated heterocycles. The van der Waals surface area contributed by atoms with E-state index in [-0.39, 0.29) is 18.4 Å². The summed E-state index contributed by atoms with van der Waals surface area (Å²) < 4.78 is 0. The summed E-state index contributed by atoms with van der Waals surface area (Å²) in [6.07, 6.45) is 0. The van der Waals surface area contributed by atoms with Crippen LogP contribution in [0.4, 0.5) is 34.9 Å². The highest BCUT2D eigenvalue weighted by atomic mass is 35.5. The number of carbonyl (C=O) groups excluding carboxylic acids is 1. The van der Waals surface area contributed by atoms with E-state index in [0.29, 0.717) is 22.6 Å². The first kappa shape index (κ1) is 24.0. The number of halogens is 1. The number of benzene rings is 3. The topological polar surface area (TPSA) is 104 Å². The molecule has 178 valence electrons. The molecule has 4 aromatic rings. The van der Waals surface area contributed by atoms with E-state index in [4.69, 9.17) is 11.6 Å². The molecular formula is C26H26ClN7O. The second-order valence-corrected chi connectivity index (χ2v) is 8.56. The van der Waals surface area contributed by atoms with Gasteiger partial charge in [0.25, 0.3) is 0 Å². The van der Waals surface area contributed by atoms with Crippen LogP contribution in [-0.4, -0.2) is 27.4 Å². The van der Waals surface area contributed by atoms with Crippen molar-refractivity contribution in [3.8, 4) is 0 Å². The molecule has 0 aliphatic heterocycles. The molecule has 4 rings (SSSR count). The summed E-state index contributed by atoms with van der Waals surface area (Å²) in [6, 6.07) is 21.1. The maximum Gasteiger partial charge on any atom is 0.243 e. The lowest BCUT2D eigenvalue weighted by Crippen LogP contribution is -2.23. The second kappa shape index (κ2) is 10.8. The standard InChI is InChI=1S/C26H26ClN7O/c1-16-4-9-19(10-5-16)30-25-32-24(33-26(34-25)31-20-11-6-17(2)7-12-20)28-15-23(35)29-21-13-8-18(3)22(27)14-21/h4-14H,15H2,1-3H3,(H,29,35)(H3,28,30,31,32,33,34). The van der Waals surface area contributed by atoms with E-state index < -0.39 is 0 Å². The van der Waals surface area contributed by atoms with Crippen LogP contribution in [0, 0.1) is 20.8 Å². The number of hydrogen-bond donors (Lipinski definition) is 4. The Hall–Kier alpha value is -4.17. The third kappa shape index (κ3) is 6.91. The highest BCUT2D eigenvalue weighted by Crippen LogP contribution is 2.21. The predicted molar refractivity (Wildman–Crippen MR) is 142 cm³/mol. The monoisotopic (exact) mass is 487 g/mol. The number of nitrogens with zero attached hydrogens (tertiary/aromatic N) is 3. The molecule has 9 heteroatoms. The number of rotatable bonds is 8. The van der Waals surface area contributed by atoms with Crippen LogP contribution < -0.4 is 21.3 Å². The van der Waals surface area contributed by atoms with Gasteiger partial charge in [-0.2, -0.15) is 15.0 Å². The van der Waals surface area contributed by atoms with E-state index >= 15 is 0 Å². The molecule has 0 unspecified atom stereocenters. The third-order valence-corrected chi connectivity index (χ3v) is 5.52. The van der Waals surface area contributed by atoms with E-state index in [0.717, 1.165) is 28.1 Å². The summed E-state index contributed by atoms with van der Waals surface area (Å²) in [4.78, 5) is 25.8. The van der Waals surface area contributed by atoms with Crippen molar-refractivity contribution in [3.05, 3.63) is 88.4 Å². The van der Waals surface area contributed by atoms with Gasteiger partial charge in [0.05, 0.1) is 6.54 Å². The van der Waals surface area contributed by atoms with Gasteiger partial charge in [-0.15, -0.1) is 0 Å². The molecule has 0 aliphatic carbocycles. The molecule has 0 aliphatic rings. The number of aryl methyl sites for hydroxylation is 3. The lowest BCUT2D eigenvalue weighted by molar-refractivity contribution is -0.114. The van der Waals surface area contributed by atoms with E-state index in [1.165, 1.54) is 0 Å². The van der Waals surface area contributed by atoms with Crippen LogP contribution in [-0.2, 0) is 4.79 Å². The van der Waals surface area contributed by atoms with E-state index in [1.807, 2.05) is 75.4 Å². The summed E-state index contributed by atoms with van der Waals surface area (Å²) in [5.74, 6) is 0.672. The van der Waals surface area contributed by atoms with Crippen molar-refractivity contribution in [2.45, 2.75) is 20.8 Å². The van der Waals surface area contributed by atoms with Crippen LogP contribution in [0.2, 0.25) is 5.02 Å². The molecule has 8 nitrogen and oxygen atoms in total. The van der Waals surface area contributed by atoms with Crippen LogP contribution in [0.1, 0.15) is 16.7 Å². The molecule has 0 spiro atoms. The van der Waals surface area contributed by atoms with Crippen molar-refractivity contribution < 1.29 is 4.79 Å². The molecule has 3 aromatic carbocycles. The smallest absolute Gasteiger partial charge is 0.243 e. The maximum absolute atomic E-state index is 12.5. The zero-order chi connectivity index (χ0) is 24.8. The number of nitrogens with one attached hydrogen (secondary N) is 4. The van der Waals surface area contributed by atoms with Gasteiger partial charge in [-0.1, -0.05) is 53.1 Å². The maximum atomic E-state index is 12.5. The molecular weight excluding hydrogens is 462 g/mol. The largest absolute Gasteiger partial charge is 0.345 e. The normalized spacial score (nSPS) is 10.5. The third-order valence-electron chi connectivity index (χ3n) is 5.11. The van der Waals surface area contributed by atoms with E-state index in [9.17, 15) is 4.79 Å². The fourth-order valence-corrected chi connectivity index (χ4v) is 3.31. The first-order valence-corrected chi connectivity index (χ1v) is 11.5. The summed E-state index contributed by atoms with van der Waals surface area (Å²) in [5, 5.41) is 12.8. The predicted octanol–water partition coefficient (Wildman–Crippen LogP) is 5.99. The minimum atomic E-state index is -0.258. The highest BCUT2D eigenvalue weighted by Gasteiger charge is 2.10. The molecule has 4 N–H and O–H groups in total. The SMILES string of the molecule is Cc1ccc(Nc2nc(NCC(=O)Nc3ccc(C)c(Cl)c3)nc(Nc3ccc(C)cc3)n2)cc1. The molecule has 1 heterocycles. The average Bonchev–Trinajstić information content (AvgIpc) is 2.83.